The molecule has 5 N–H and O–H groups in total. The summed E-state index contributed by atoms with van der Waals surface area (Å²) >= 11 is 0. The van der Waals surface area contributed by atoms with Crippen LogP contribution >= 0.6 is 0 Å². The summed E-state index contributed by atoms with van der Waals surface area (Å²) in [6.45, 7) is 8.43. The number of carbonyl (C=O) groups excluding carboxylic acids is 1. The highest BCUT2D eigenvalue weighted by Crippen LogP contribution is 2.48. The molecule has 1 unspecified atom stereocenters. The maximum Gasteiger partial charge on any atom is 0.237 e. The molecule has 1 saturated carbocycles. The number of hydrogen-bond donors (Lipinski definition) is 4. The minimum absolute atomic E-state index is 0.00732. The largest absolute Gasteiger partial charge is 0.409 e. The van der Waals surface area contributed by atoms with Crippen molar-refractivity contribution in [1.29, 1.82) is 0 Å². The molecule has 19 heavy (non-hydrogen) atoms. The highest BCUT2D eigenvalue weighted by Gasteiger charge is 2.43. The predicted molar refractivity (Wildman–Crippen MR) is 75.1 cm³/mol. The Morgan fingerprint density at radius 3 is 2.47 bits per heavy atom. The Hall–Kier alpha value is -1.30. The molecule has 0 spiro atoms. The third kappa shape index (κ3) is 5.46. The van der Waals surface area contributed by atoms with Gasteiger partial charge in [0.05, 0.1) is 6.04 Å². The van der Waals surface area contributed by atoms with Gasteiger partial charge in [-0.25, -0.2) is 0 Å². The zero-order valence-electron chi connectivity index (χ0n) is 12.3. The average Bonchev–Trinajstić information content (AvgIpc) is 3.03. The molecule has 0 aromatic heterocycles. The van der Waals surface area contributed by atoms with Crippen molar-refractivity contribution in [1.82, 2.24) is 10.6 Å². The maximum absolute atomic E-state index is 11.9. The first-order valence-corrected chi connectivity index (χ1v) is 6.69. The molecule has 1 atom stereocenters. The highest BCUT2D eigenvalue weighted by molar-refractivity contribution is 5.82. The molecule has 1 aliphatic carbocycles. The van der Waals surface area contributed by atoms with E-state index >= 15 is 0 Å². The summed E-state index contributed by atoms with van der Waals surface area (Å²) in [5, 5.41) is 17.8. The van der Waals surface area contributed by atoms with Crippen molar-refractivity contribution in [2.75, 3.05) is 6.54 Å². The summed E-state index contributed by atoms with van der Waals surface area (Å²) in [4.78, 5) is 11.9. The van der Waals surface area contributed by atoms with Crippen LogP contribution in [0.15, 0.2) is 5.16 Å². The molecule has 0 aromatic rings. The van der Waals surface area contributed by atoms with Gasteiger partial charge in [-0.05, 0) is 46.0 Å². The van der Waals surface area contributed by atoms with Gasteiger partial charge in [-0.15, -0.1) is 0 Å². The lowest BCUT2D eigenvalue weighted by Gasteiger charge is -2.25. The van der Waals surface area contributed by atoms with Crippen LogP contribution in [0.3, 0.4) is 0 Å². The summed E-state index contributed by atoms with van der Waals surface area (Å²) in [5.41, 5.74) is 5.38. The Labute approximate surface area is 114 Å². The van der Waals surface area contributed by atoms with Crippen LogP contribution < -0.4 is 16.4 Å². The third-order valence-electron chi connectivity index (χ3n) is 3.32. The second kappa shape index (κ2) is 5.77. The Morgan fingerprint density at radius 1 is 1.47 bits per heavy atom. The highest BCUT2D eigenvalue weighted by atomic mass is 16.4. The van der Waals surface area contributed by atoms with Gasteiger partial charge in [0.1, 0.15) is 5.84 Å². The fourth-order valence-electron chi connectivity index (χ4n) is 1.95. The normalized spacial score (nSPS) is 19.9. The van der Waals surface area contributed by atoms with E-state index in [0.29, 0.717) is 13.0 Å². The first-order valence-electron chi connectivity index (χ1n) is 6.69. The second-order valence-corrected chi connectivity index (χ2v) is 6.61. The number of oxime groups is 1. The van der Waals surface area contributed by atoms with E-state index in [1.165, 1.54) is 0 Å². The van der Waals surface area contributed by atoms with Crippen LogP contribution in [-0.2, 0) is 4.79 Å². The molecule has 0 heterocycles. The number of amidine groups is 1. The molecular formula is C13H26N4O2. The van der Waals surface area contributed by atoms with Crippen molar-refractivity contribution >= 4 is 11.7 Å². The molecule has 0 aromatic carbocycles. The first kappa shape index (κ1) is 15.8. The van der Waals surface area contributed by atoms with Crippen molar-refractivity contribution in [2.45, 2.75) is 58.5 Å². The van der Waals surface area contributed by atoms with E-state index in [4.69, 9.17) is 10.9 Å². The lowest BCUT2D eigenvalue weighted by atomic mass is 10.0. The standard InChI is InChI=1S/C13H26N4O2/c1-9(11(18)16-12(2,3)4)15-8-13(5-6-13)7-10(14)17-19/h9,15,19H,5-8H2,1-4H3,(H2,14,17)(H,16,18). The van der Waals surface area contributed by atoms with E-state index in [2.05, 4.69) is 15.8 Å². The average molecular weight is 270 g/mol. The van der Waals surface area contributed by atoms with E-state index in [0.717, 1.165) is 12.8 Å². The van der Waals surface area contributed by atoms with Gasteiger partial charge in [0, 0.05) is 18.5 Å². The van der Waals surface area contributed by atoms with Crippen LogP contribution in [0.4, 0.5) is 0 Å². The molecule has 1 aliphatic rings. The number of nitrogens with two attached hydrogens (primary N) is 1. The Bertz CT molecular complexity index is 356. The zero-order valence-corrected chi connectivity index (χ0v) is 12.3. The summed E-state index contributed by atoms with van der Waals surface area (Å²) in [7, 11) is 0. The minimum Gasteiger partial charge on any atom is -0.409 e. The second-order valence-electron chi connectivity index (χ2n) is 6.61. The quantitative estimate of drug-likeness (QED) is 0.248. The molecule has 6 heteroatoms. The van der Waals surface area contributed by atoms with Crippen molar-refractivity contribution in [3.05, 3.63) is 0 Å². The number of rotatable bonds is 6. The molecule has 1 fully saturated rings. The maximum atomic E-state index is 11.9. The van der Waals surface area contributed by atoms with Crippen LogP contribution in [-0.4, -0.2) is 35.1 Å². The Balaban J connectivity index is 2.38. The van der Waals surface area contributed by atoms with Gasteiger partial charge in [0.2, 0.25) is 5.91 Å². The van der Waals surface area contributed by atoms with Crippen molar-refractivity contribution in [2.24, 2.45) is 16.3 Å². The molecule has 0 saturated heterocycles. The fraction of sp³-hybridized carbons (Fsp3) is 0.846. The topological polar surface area (TPSA) is 99.7 Å². The third-order valence-corrected chi connectivity index (χ3v) is 3.32. The Morgan fingerprint density at radius 2 is 2.05 bits per heavy atom. The molecule has 1 amide bonds. The summed E-state index contributed by atoms with van der Waals surface area (Å²) in [6.07, 6.45) is 2.66. The number of amides is 1. The van der Waals surface area contributed by atoms with E-state index < -0.39 is 0 Å². The van der Waals surface area contributed by atoms with Crippen LogP contribution in [0.2, 0.25) is 0 Å². The van der Waals surface area contributed by atoms with E-state index in [9.17, 15) is 4.79 Å². The number of carbonyl (C=O) groups is 1. The predicted octanol–water partition coefficient (Wildman–Crippen LogP) is 0.796. The summed E-state index contributed by atoms with van der Waals surface area (Å²) < 4.78 is 0. The molecule has 1 rings (SSSR count). The van der Waals surface area contributed by atoms with Gasteiger partial charge in [-0.1, -0.05) is 5.16 Å². The van der Waals surface area contributed by atoms with Gasteiger partial charge < -0.3 is 21.6 Å². The van der Waals surface area contributed by atoms with Crippen LogP contribution in [0, 0.1) is 5.41 Å². The van der Waals surface area contributed by atoms with Gasteiger partial charge in [0.15, 0.2) is 0 Å². The Kier molecular flexibility index (Phi) is 4.79. The SMILES string of the molecule is CC(NCC1(CC(N)=NO)CC1)C(=O)NC(C)(C)C. The zero-order chi connectivity index (χ0) is 14.7. The molecule has 0 aliphatic heterocycles. The lowest BCUT2D eigenvalue weighted by Crippen LogP contribution is -2.50. The number of hydrogen-bond acceptors (Lipinski definition) is 4. The smallest absolute Gasteiger partial charge is 0.237 e. The van der Waals surface area contributed by atoms with Crippen molar-refractivity contribution < 1.29 is 10.0 Å². The minimum atomic E-state index is -0.246. The van der Waals surface area contributed by atoms with Gasteiger partial charge in [-0.2, -0.15) is 0 Å². The molecule has 0 radical (unpaired) electrons. The van der Waals surface area contributed by atoms with Gasteiger partial charge in [-0.3, -0.25) is 4.79 Å². The van der Waals surface area contributed by atoms with Crippen LogP contribution in [0.1, 0.15) is 47.0 Å². The van der Waals surface area contributed by atoms with Crippen molar-refractivity contribution in [3.63, 3.8) is 0 Å². The molecular weight excluding hydrogens is 244 g/mol. The number of nitrogens with zero attached hydrogens (tertiary/aromatic N) is 1. The lowest BCUT2D eigenvalue weighted by molar-refractivity contribution is -0.124. The van der Waals surface area contributed by atoms with Crippen LogP contribution in [0.25, 0.3) is 0 Å². The molecule has 0 bridgehead atoms. The van der Waals surface area contributed by atoms with E-state index in [1.807, 2.05) is 27.7 Å². The number of nitrogens with one attached hydrogen (secondary N) is 2. The van der Waals surface area contributed by atoms with Gasteiger partial charge >= 0.3 is 0 Å². The monoisotopic (exact) mass is 270 g/mol. The van der Waals surface area contributed by atoms with Crippen molar-refractivity contribution in [3.8, 4) is 0 Å². The first-order chi connectivity index (χ1) is 8.67. The van der Waals surface area contributed by atoms with E-state index in [1.54, 1.807) is 0 Å². The van der Waals surface area contributed by atoms with E-state index in [-0.39, 0.29) is 28.7 Å². The summed E-state index contributed by atoms with van der Waals surface area (Å²) in [6, 6.07) is -0.246. The summed E-state index contributed by atoms with van der Waals surface area (Å²) in [5.74, 6) is 0.248. The molecule has 110 valence electrons. The molecule has 6 nitrogen and oxygen atoms in total. The van der Waals surface area contributed by atoms with Crippen LogP contribution in [0.5, 0.6) is 0 Å². The van der Waals surface area contributed by atoms with Gasteiger partial charge in [0.25, 0.3) is 0 Å². The fourth-order valence-corrected chi connectivity index (χ4v) is 1.95.